The Bertz CT molecular complexity index is 1140. The van der Waals surface area contributed by atoms with Crippen LogP contribution in [0.1, 0.15) is 63.4 Å². The predicted molar refractivity (Wildman–Crippen MR) is 129 cm³/mol. The minimum atomic E-state index is -0.149. The molecule has 0 atom stereocenters. The Morgan fingerprint density at radius 1 is 1.14 bits per heavy atom. The first-order chi connectivity index (χ1) is 16.2. The van der Waals surface area contributed by atoms with E-state index >= 15 is 0 Å². The number of benzene rings is 1. The van der Waals surface area contributed by atoms with Crippen molar-refractivity contribution >= 4 is 17.4 Å². The fourth-order valence-electron chi connectivity index (χ4n) is 3.53. The molecule has 0 aliphatic rings. The van der Waals surface area contributed by atoms with Gasteiger partial charge in [0.1, 0.15) is 18.5 Å². The van der Waals surface area contributed by atoms with Gasteiger partial charge in [-0.05, 0) is 52.2 Å². The zero-order valence-electron chi connectivity index (χ0n) is 21.4. The van der Waals surface area contributed by atoms with E-state index in [4.69, 9.17) is 19.9 Å². The van der Waals surface area contributed by atoms with Crippen LogP contribution in [0.3, 0.4) is 0 Å². The van der Waals surface area contributed by atoms with Crippen LogP contribution in [0.25, 0.3) is 5.65 Å². The number of nitrogens with two attached hydrogens (primary N) is 1. The number of Topliss-reactive ketones (excluding diaryl/α,β-unsaturated/α-hetero) is 1. The predicted octanol–water partition coefficient (Wildman–Crippen LogP) is 0.376. The number of rotatable bonds is 11. The molecule has 0 radical (unpaired) electrons. The van der Waals surface area contributed by atoms with Gasteiger partial charge in [0.2, 0.25) is 5.78 Å². The van der Waals surface area contributed by atoms with E-state index in [-0.39, 0.29) is 42.2 Å². The molecule has 0 amide bonds. The maximum atomic E-state index is 13.3. The quantitative estimate of drug-likeness (QED) is 0.228. The van der Waals surface area contributed by atoms with Gasteiger partial charge in [0, 0.05) is 24.8 Å². The van der Waals surface area contributed by atoms with E-state index in [0.717, 1.165) is 18.4 Å². The van der Waals surface area contributed by atoms with Crippen LogP contribution in [0.15, 0.2) is 30.3 Å². The summed E-state index contributed by atoms with van der Waals surface area (Å²) in [5, 5.41) is 8.80. The molecule has 0 fully saturated rings. The molecule has 0 bridgehead atoms. The van der Waals surface area contributed by atoms with Crippen LogP contribution in [0.5, 0.6) is 11.6 Å². The van der Waals surface area contributed by atoms with Gasteiger partial charge in [-0.1, -0.05) is 39.1 Å². The average molecular weight is 506 g/mol. The molecule has 9 nitrogen and oxygen atoms in total. The third-order valence-electron chi connectivity index (χ3n) is 5.64. The lowest BCUT2D eigenvalue weighted by atomic mass is 9.85. The lowest BCUT2D eigenvalue weighted by Gasteiger charge is -2.21. The summed E-state index contributed by atoms with van der Waals surface area (Å²) in [4.78, 5) is 13.3. The normalized spacial score (nSPS) is 11.5. The van der Waals surface area contributed by atoms with Crippen molar-refractivity contribution in [3.05, 3.63) is 41.5 Å². The summed E-state index contributed by atoms with van der Waals surface area (Å²) in [6.07, 6.45) is 1.85. The topological polar surface area (TPSA) is 105 Å². The van der Waals surface area contributed by atoms with E-state index in [0.29, 0.717) is 36.1 Å². The molecule has 0 saturated carbocycles. The van der Waals surface area contributed by atoms with E-state index in [1.54, 1.807) is 23.9 Å². The highest BCUT2D eigenvalue weighted by Crippen LogP contribution is 2.28. The standard InChI is InChI=1S/C25H36N5O4.ClH/c1-7-19(8-2)34-22-9-10-23-29(28-24(26)30(23)27-22)16-21(31)17-13-18(25(3,4)5)15-20(14-17)33-12-11-32-6;/h9-10,13-15,19H,7-8,11-12,16H2,1-6H3,(H2,26,28);1H/q+1;/p-1. The summed E-state index contributed by atoms with van der Waals surface area (Å²) in [6.45, 7) is 11.3. The van der Waals surface area contributed by atoms with Gasteiger partial charge >= 0.3 is 11.6 Å². The van der Waals surface area contributed by atoms with Crippen LogP contribution < -0.4 is 32.3 Å². The second-order valence-electron chi connectivity index (χ2n) is 9.27. The summed E-state index contributed by atoms with van der Waals surface area (Å²) in [6, 6.07) is 9.22. The van der Waals surface area contributed by atoms with Gasteiger partial charge < -0.3 is 32.4 Å². The first kappa shape index (κ1) is 28.3. The van der Waals surface area contributed by atoms with Gasteiger partial charge in [-0.25, -0.2) is 0 Å². The lowest BCUT2D eigenvalue weighted by molar-refractivity contribution is -0.714. The number of aromatic nitrogens is 4. The Labute approximate surface area is 213 Å². The maximum Gasteiger partial charge on any atom is 0.355 e. The molecule has 2 heterocycles. The number of ketones is 1. The average Bonchev–Trinajstić information content (AvgIpc) is 3.11. The molecule has 0 unspecified atom stereocenters. The van der Waals surface area contributed by atoms with Gasteiger partial charge in [-0.3, -0.25) is 4.79 Å². The molecule has 2 N–H and O–H groups in total. The maximum absolute atomic E-state index is 13.3. The van der Waals surface area contributed by atoms with Crippen molar-refractivity contribution in [3.8, 4) is 11.6 Å². The zero-order valence-corrected chi connectivity index (χ0v) is 22.1. The molecule has 0 saturated heterocycles. The number of carbonyl (C=O) groups is 1. The number of methoxy groups -OCH3 is 1. The van der Waals surface area contributed by atoms with Crippen molar-refractivity contribution in [2.75, 3.05) is 26.1 Å². The summed E-state index contributed by atoms with van der Waals surface area (Å²) in [7, 11) is 1.62. The van der Waals surface area contributed by atoms with Crippen molar-refractivity contribution in [2.24, 2.45) is 0 Å². The number of nitrogen functional groups attached to an aromatic ring is 1. The SMILES string of the molecule is CCC(CC)Oc1ccc2n(n1)c(N)n[n+]2CC(=O)c1cc(OCCOC)cc(C(C)(C)C)c1.[Cl-]. The molecule has 0 aliphatic heterocycles. The number of fused-ring (bicyclic) bond motifs is 1. The second-order valence-corrected chi connectivity index (χ2v) is 9.27. The van der Waals surface area contributed by atoms with Crippen molar-refractivity contribution < 1.29 is 36.1 Å². The zero-order chi connectivity index (χ0) is 24.9. The van der Waals surface area contributed by atoms with Crippen LogP contribution in [0, 0.1) is 0 Å². The van der Waals surface area contributed by atoms with E-state index < -0.39 is 0 Å². The van der Waals surface area contributed by atoms with E-state index in [9.17, 15) is 4.79 Å². The third kappa shape index (κ3) is 7.05. The number of anilines is 1. The van der Waals surface area contributed by atoms with E-state index in [1.165, 1.54) is 4.52 Å². The van der Waals surface area contributed by atoms with E-state index in [2.05, 4.69) is 44.8 Å². The Morgan fingerprint density at radius 3 is 2.49 bits per heavy atom. The van der Waals surface area contributed by atoms with Crippen LogP contribution in [-0.4, -0.2) is 46.9 Å². The molecular weight excluding hydrogens is 470 g/mol. The fraction of sp³-hybridized carbons (Fsp3) is 0.520. The van der Waals surface area contributed by atoms with Crippen LogP contribution in [0.2, 0.25) is 0 Å². The second kappa shape index (κ2) is 12.2. The molecule has 192 valence electrons. The molecule has 0 aliphatic carbocycles. The van der Waals surface area contributed by atoms with Gasteiger partial charge in [0.25, 0.3) is 5.88 Å². The Balaban J connectivity index is 0.00000432. The molecule has 10 heteroatoms. The van der Waals surface area contributed by atoms with Crippen LogP contribution in [0.4, 0.5) is 5.95 Å². The van der Waals surface area contributed by atoms with Crippen molar-refractivity contribution in [1.29, 1.82) is 0 Å². The number of nitrogens with zero attached hydrogens (tertiary/aromatic N) is 4. The summed E-state index contributed by atoms with van der Waals surface area (Å²) in [5.41, 5.74) is 8.11. The Kier molecular flexibility index (Phi) is 9.85. The molecule has 0 spiro atoms. The summed E-state index contributed by atoms with van der Waals surface area (Å²) < 4.78 is 19.9. The largest absolute Gasteiger partial charge is 1.00 e. The highest BCUT2D eigenvalue weighted by Gasteiger charge is 2.24. The van der Waals surface area contributed by atoms with Crippen molar-refractivity contribution in [1.82, 2.24) is 14.7 Å². The molecule has 3 rings (SSSR count). The van der Waals surface area contributed by atoms with Crippen LogP contribution in [-0.2, 0) is 16.7 Å². The minimum absolute atomic E-state index is 0. The number of hydrogen-bond acceptors (Lipinski definition) is 7. The summed E-state index contributed by atoms with van der Waals surface area (Å²) >= 11 is 0. The van der Waals surface area contributed by atoms with Gasteiger partial charge in [-0.2, -0.15) is 0 Å². The highest BCUT2D eigenvalue weighted by atomic mass is 35.5. The van der Waals surface area contributed by atoms with Crippen molar-refractivity contribution in [2.45, 2.75) is 65.5 Å². The molecule has 3 aromatic rings. The third-order valence-corrected chi connectivity index (χ3v) is 5.64. The van der Waals surface area contributed by atoms with Gasteiger partial charge in [-0.15, -0.1) is 4.68 Å². The van der Waals surface area contributed by atoms with Gasteiger partial charge in [0.05, 0.1) is 6.61 Å². The number of carbonyl (C=O) groups excluding carboxylic acids is 1. The van der Waals surface area contributed by atoms with Crippen LogP contribution >= 0.6 is 0 Å². The first-order valence-corrected chi connectivity index (χ1v) is 11.7. The lowest BCUT2D eigenvalue weighted by Crippen LogP contribution is -3.00. The fourth-order valence-corrected chi connectivity index (χ4v) is 3.53. The molecule has 1 aromatic carbocycles. The smallest absolute Gasteiger partial charge is 0.355 e. The Morgan fingerprint density at radius 2 is 1.86 bits per heavy atom. The number of halogens is 1. The van der Waals surface area contributed by atoms with Crippen molar-refractivity contribution in [3.63, 3.8) is 0 Å². The van der Waals surface area contributed by atoms with Gasteiger partial charge in [0.15, 0.2) is 6.54 Å². The minimum Gasteiger partial charge on any atom is -1.00 e. The first-order valence-electron chi connectivity index (χ1n) is 11.7. The highest BCUT2D eigenvalue weighted by molar-refractivity contribution is 5.95. The molecule has 35 heavy (non-hydrogen) atoms. The number of ether oxygens (including phenoxy) is 3. The summed E-state index contributed by atoms with van der Waals surface area (Å²) in [5.74, 6) is 1.19. The monoisotopic (exact) mass is 505 g/mol. The molecular formula is C25H36ClN5O4. The van der Waals surface area contributed by atoms with E-state index in [1.807, 2.05) is 18.2 Å². The Hall–Kier alpha value is -2.91. The molecule has 2 aromatic heterocycles. The number of hydrogen-bond donors (Lipinski definition) is 1.